The van der Waals surface area contributed by atoms with Gasteiger partial charge in [0.2, 0.25) is 0 Å². The fraction of sp³-hybridized carbons (Fsp3) is 0.643. The van der Waals surface area contributed by atoms with E-state index in [1.807, 2.05) is 0 Å². The molecule has 3 rings (SSSR count). The molecule has 22 heavy (non-hydrogen) atoms. The van der Waals surface area contributed by atoms with Crippen LogP contribution in [0.4, 0.5) is 18.0 Å². The van der Waals surface area contributed by atoms with Crippen LogP contribution in [-0.4, -0.2) is 35.3 Å². The summed E-state index contributed by atoms with van der Waals surface area (Å²) in [5.74, 6) is 0. The van der Waals surface area contributed by atoms with Crippen molar-refractivity contribution in [1.29, 1.82) is 0 Å². The van der Waals surface area contributed by atoms with Crippen LogP contribution in [-0.2, 0) is 22.9 Å². The van der Waals surface area contributed by atoms with Gasteiger partial charge < -0.3 is 14.7 Å². The number of carboxylic acid groups (broad SMARTS) is 1. The van der Waals surface area contributed by atoms with Gasteiger partial charge >= 0.3 is 12.3 Å². The zero-order valence-corrected chi connectivity index (χ0v) is 12.8. The Morgan fingerprint density at radius 3 is 2.86 bits per heavy atom. The van der Waals surface area contributed by atoms with E-state index < -0.39 is 22.7 Å². The van der Waals surface area contributed by atoms with Gasteiger partial charge in [0.05, 0.1) is 12.2 Å². The molecule has 1 N–H and O–H groups in total. The van der Waals surface area contributed by atoms with Crippen molar-refractivity contribution in [2.75, 3.05) is 13.2 Å². The van der Waals surface area contributed by atoms with Crippen molar-refractivity contribution in [2.24, 2.45) is 0 Å². The zero-order valence-electron chi connectivity index (χ0n) is 11.9. The van der Waals surface area contributed by atoms with E-state index in [0.717, 1.165) is 16.2 Å². The molecule has 122 valence electrons. The van der Waals surface area contributed by atoms with Gasteiger partial charge in [0.25, 0.3) is 0 Å². The van der Waals surface area contributed by atoms with Gasteiger partial charge in [-0.05, 0) is 25.0 Å². The number of ether oxygens (including phenoxy) is 1. The average Bonchev–Trinajstić information content (AvgIpc) is 2.84. The van der Waals surface area contributed by atoms with Crippen molar-refractivity contribution in [2.45, 2.75) is 44.0 Å². The van der Waals surface area contributed by atoms with E-state index in [9.17, 15) is 18.0 Å². The lowest BCUT2D eigenvalue weighted by Crippen LogP contribution is -2.52. The standard InChI is InChI=1S/C14H16F3NO3S/c1-8-7-13(3-4-18(8)12(19)20)9-6-11(14(15,16)17)22-10(9)2-5-21-13/h6,8H,2-5,7H2,1H3,(H,19,20)/t8-,13?/m0/s1. The number of fused-ring (bicyclic) bond motifs is 2. The van der Waals surface area contributed by atoms with Crippen LogP contribution in [0.2, 0.25) is 0 Å². The summed E-state index contributed by atoms with van der Waals surface area (Å²) in [6.07, 6.45) is -4.09. The van der Waals surface area contributed by atoms with Crippen LogP contribution in [0.5, 0.6) is 0 Å². The summed E-state index contributed by atoms with van der Waals surface area (Å²) in [6.45, 7) is 2.42. The molecular formula is C14H16F3NO3S. The molecule has 1 amide bonds. The van der Waals surface area contributed by atoms with Crippen molar-refractivity contribution in [3.63, 3.8) is 0 Å². The average molecular weight is 335 g/mol. The molecule has 0 aliphatic carbocycles. The molecule has 4 nitrogen and oxygen atoms in total. The molecule has 0 aromatic carbocycles. The smallest absolute Gasteiger partial charge is 0.425 e. The van der Waals surface area contributed by atoms with Crippen LogP contribution in [0.15, 0.2) is 6.07 Å². The maximum absolute atomic E-state index is 13.0. The van der Waals surface area contributed by atoms with E-state index in [1.54, 1.807) is 6.92 Å². The third-order valence-corrected chi connectivity index (χ3v) is 5.69. The molecule has 8 heteroatoms. The Kier molecular flexibility index (Phi) is 3.64. The van der Waals surface area contributed by atoms with Gasteiger partial charge in [-0.15, -0.1) is 11.3 Å². The summed E-state index contributed by atoms with van der Waals surface area (Å²) < 4.78 is 44.8. The Hall–Kier alpha value is -1.28. The highest BCUT2D eigenvalue weighted by atomic mass is 32.1. The van der Waals surface area contributed by atoms with E-state index in [0.29, 0.717) is 31.4 Å². The fourth-order valence-corrected chi connectivity index (χ4v) is 4.53. The Bertz CT molecular complexity index is 601. The summed E-state index contributed by atoms with van der Waals surface area (Å²) in [4.78, 5) is 12.6. The van der Waals surface area contributed by atoms with Gasteiger partial charge in [0.1, 0.15) is 4.88 Å². The minimum Gasteiger partial charge on any atom is -0.465 e. The van der Waals surface area contributed by atoms with Gasteiger partial charge in [-0.2, -0.15) is 13.2 Å². The highest BCUT2D eigenvalue weighted by Gasteiger charge is 2.47. The van der Waals surface area contributed by atoms with Crippen LogP contribution < -0.4 is 0 Å². The number of alkyl halides is 3. The first-order valence-electron chi connectivity index (χ1n) is 7.07. The number of hydrogen-bond donors (Lipinski definition) is 1. The maximum atomic E-state index is 13.0. The number of amides is 1. The SMILES string of the molecule is C[C@H]1CC2(CCN1C(=O)O)OCCc1sc(C(F)(F)F)cc12. The summed E-state index contributed by atoms with van der Waals surface area (Å²) in [7, 11) is 0. The lowest BCUT2D eigenvalue weighted by molar-refractivity contribution is -0.134. The van der Waals surface area contributed by atoms with Gasteiger partial charge in [0, 0.05) is 30.3 Å². The first-order valence-corrected chi connectivity index (χ1v) is 7.88. The largest absolute Gasteiger partial charge is 0.465 e. The highest BCUT2D eigenvalue weighted by molar-refractivity contribution is 7.12. The van der Waals surface area contributed by atoms with Gasteiger partial charge in [-0.1, -0.05) is 0 Å². The lowest BCUT2D eigenvalue weighted by Gasteiger charge is -2.46. The molecule has 2 aliphatic rings. The number of piperidine rings is 1. The molecule has 1 aromatic rings. The summed E-state index contributed by atoms with van der Waals surface area (Å²) in [6, 6.07) is 0.911. The Labute approximate surface area is 129 Å². The van der Waals surface area contributed by atoms with E-state index in [1.165, 1.54) is 11.0 Å². The molecule has 2 atom stereocenters. The van der Waals surface area contributed by atoms with E-state index in [2.05, 4.69) is 0 Å². The van der Waals surface area contributed by atoms with Gasteiger partial charge in [0.15, 0.2) is 0 Å². The molecule has 0 radical (unpaired) electrons. The molecule has 1 aromatic heterocycles. The second kappa shape index (κ2) is 5.13. The van der Waals surface area contributed by atoms with Gasteiger partial charge in [-0.3, -0.25) is 0 Å². The molecule has 1 spiro atoms. The van der Waals surface area contributed by atoms with E-state index in [-0.39, 0.29) is 12.6 Å². The summed E-state index contributed by atoms with van der Waals surface area (Å²) >= 11 is 0.783. The summed E-state index contributed by atoms with van der Waals surface area (Å²) in [5.41, 5.74) is -0.174. The molecule has 3 heterocycles. The minimum atomic E-state index is -4.35. The molecule has 1 saturated heterocycles. The third-order valence-electron chi connectivity index (χ3n) is 4.45. The topological polar surface area (TPSA) is 49.8 Å². The number of thiophene rings is 1. The van der Waals surface area contributed by atoms with Crippen LogP contribution in [0.1, 0.15) is 35.1 Å². The normalized spacial score (nSPS) is 28.7. The highest BCUT2D eigenvalue weighted by Crippen LogP contribution is 2.48. The number of rotatable bonds is 0. The first-order chi connectivity index (χ1) is 10.2. The maximum Gasteiger partial charge on any atom is 0.425 e. The van der Waals surface area contributed by atoms with Crippen molar-refractivity contribution >= 4 is 17.4 Å². The van der Waals surface area contributed by atoms with Crippen molar-refractivity contribution < 1.29 is 27.8 Å². The van der Waals surface area contributed by atoms with Crippen LogP contribution in [0.3, 0.4) is 0 Å². The molecular weight excluding hydrogens is 319 g/mol. The molecule has 0 bridgehead atoms. The number of carbonyl (C=O) groups is 1. The Morgan fingerprint density at radius 2 is 2.27 bits per heavy atom. The predicted molar refractivity (Wildman–Crippen MR) is 74.1 cm³/mol. The zero-order chi connectivity index (χ0) is 16.1. The van der Waals surface area contributed by atoms with Crippen LogP contribution in [0, 0.1) is 0 Å². The fourth-order valence-electron chi connectivity index (χ4n) is 3.43. The molecule has 1 unspecified atom stereocenters. The Balaban J connectivity index is 1.95. The van der Waals surface area contributed by atoms with Gasteiger partial charge in [-0.25, -0.2) is 4.79 Å². The molecule has 0 saturated carbocycles. The first kappa shape index (κ1) is 15.6. The number of halogens is 3. The number of nitrogens with zero attached hydrogens (tertiary/aromatic N) is 1. The number of hydrogen-bond acceptors (Lipinski definition) is 3. The van der Waals surface area contributed by atoms with Crippen LogP contribution >= 0.6 is 11.3 Å². The third kappa shape index (κ3) is 2.48. The number of likely N-dealkylation sites (tertiary alicyclic amines) is 1. The minimum absolute atomic E-state index is 0.271. The monoisotopic (exact) mass is 335 g/mol. The second-order valence-corrected chi connectivity index (χ2v) is 6.95. The second-order valence-electron chi connectivity index (χ2n) is 5.82. The van der Waals surface area contributed by atoms with Crippen LogP contribution in [0.25, 0.3) is 0 Å². The van der Waals surface area contributed by atoms with E-state index >= 15 is 0 Å². The summed E-state index contributed by atoms with van der Waals surface area (Å²) in [5, 5.41) is 9.14. The lowest BCUT2D eigenvalue weighted by atomic mass is 9.79. The molecule has 1 fully saturated rings. The Morgan fingerprint density at radius 1 is 1.55 bits per heavy atom. The molecule has 2 aliphatic heterocycles. The van der Waals surface area contributed by atoms with E-state index in [4.69, 9.17) is 9.84 Å². The van der Waals surface area contributed by atoms with Crippen molar-refractivity contribution in [1.82, 2.24) is 4.90 Å². The predicted octanol–water partition coefficient (Wildman–Crippen LogP) is 3.70. The van der Waals surface area contributed by atoms with Crippen molar-refractivity contribution in [3.8, 4) is 0 Å². The quantitative estimate of drug-likeness (QED) is 0.786. The van der Waals surface area contributed by atoms with Crippen molar-refractivity contribution in [3.05, 3.63) is 21.4 Å².